The van der Waals surface area contributed by atoms with Gasteiger partial charge in [0, 0.05) is 0 Å². The Balaban J connectivity index is 2.12. The van der Waals surface area contributed by atoms with E-state index < -0.39 is 11.7 Å². The van der Waals surface area contributed by atoms with Crippen LogP contribution in [0.5, 0.6) is 0 Å². The zero-order valence-corrected chi connectivity index (χ0v) is 16.3. The number of aryl methyl sites for hydroxylation is 2. The van der Waals surface area contributed by atoms with Gasteiger partial charge >= 0.3 is 6.09 Å². The van der Waals surface area contributed by atoms with E-state index in [0.29, 0.717) is 26.4 Å². The van der Waals surface area contributed by atoms with Gasteiger partial charge in [0.2, 0.25) is 0 Å². The summed E-state index contributed by atoms with van der Waals surface area (Å²) in [6.45, 7) is 8.91. The highest BCUT2D eigenvalue weighted by atomic mass is 35.5. The molecule has 0 spiro atoms. The molecule has 0 fully saturated rings. The smallest absolute Gasteiger partial charge is 0.413 e. The minimum atomic E-state index is -0.616. The first-order valence-electron chi connectivity index (χ1n) is 7.60. The average molecular weight is 382 g/mol. The molecule has 134 valence electrons. The van der Waals surface area contributed by atoms with Crippen LogP contribution in [0.3, 0.4) is 0 Å². The second-order valence-electron chi connectivity index (χ2n) is 6.50. The van der Waals surface area contributed by atoms with Crippen LogP contribution in [0.1, 0.15) is 41.7 Å². The molecule has 2 aromatic rings. The maximum absolute atomic E-state index is 12.5. The van der Waals surface area contributed by atoms with Gasteiger partial charge in [-0.15, -0.1) is 0 Å². The Labute approximate surface area is 155 Å². The fraction of sp³-hybridized carbons (Fsp3) is 0.353. The van der Waals surface area contributed by atoms with E-state index in [4.69, 9.17) is 16.3 Å². The number of halogens is 1. The van der Waals surface area contributed by atoms with E-state index in [-0.39, 0.29) is 5.91 Å². The molecule has 6 nitrogen and oxygen atoms in total. The van der Waals surface area contributed by atoms with Crippen LogP contribution < -0.4 is 10.6 Å². The first-order valence-corrected chi connectivity index (χ1v) is 8.79. The number of nitrogens with zero attached hydrogens (tertiary/aromatic N) is 1. The van der Waals surface area contributed by atoms with Crippen LogP contribution in [0.25, 0.3) is 0 Å². The van der Waals surface area contributed by atoms with E-state index in [9.17, 15) is 9.59 Å². The van der Waals surface area contributed by atoms with Crippen molar-refractivity contribution in [2.45, 2.75) is 40.2 Å². The largest absolute Gasteiger partial charge is 0.444 e. The number of aromatic nitrogens is 1. The Kier molecular flexibility index (Phi) is 5.69. The molecule has 0 aliphatic rings. The lowest BCUT2D eigenvalue weighted by atomic mass is 10.2. The maximum atomic E-state index is 12.5. The molecule has 2 amide bonds. The van der Waals surface area contributed by atoms with Crippen LogP contribution in [0.15, 0.2) is 18.2 Å². The number of hydrogen-bond donors (Lipinski definition) is 2. The van der Waals surface area contributed by atoms with Crippen LogP contribution in [0.4, 0.5) is 15.6 Å². The molecule has 1 aromatic carbocycles. The van der Waals surface area contributed by atoms with Crippen LogP contribution >= 0.6 is 22.9 Å². The van der Waals surface area contributed by atoms with Crippen molar-refractivity contribution in [3.8, 4) is 0 Å². The van der Waals surface area contributed by atoms with Gasteiger partial charge in [-0.2, -0.15) is 0 Å². The normalized spacial score (nSPS) is 11.1. The van der Waals surface area contributed by atoms with Crippen molar-refractivity contribution in [2.75, 3.05) is 10.6 Å². The maximum Gasteiger partial charge on any atom is 0.413 e. The van der Waals surface area contributed by atoms with Crippen LogP contribution in [-0.2, 0) is 4.74 Å². The highest BCUT2D eigenvalue weighted by molar-refractivity contribution is 7.17. The SMILES string of the molecule is Cc1ccc(Cl)c(NC(=O)c2sc(NC(=O)OC(C)(C)C)nc2C)c1. The second-order valence-corrected chi connectivity index (χ2v) is 7.90. The third-order valence-corrected chi connectivity index (χ3v) is 4.38. The molecule has 0 saturated carbocycles. The zero-order valence-electron chi connectivity index (χ0n) is 14.7. The van der Waals surface area contributed by atoms with Crippen molar-refractivity contribution in [1.82, 2.24) is 4.98 Å². The summed E-state index contributed by atoms with van der Waals surface area (Å²) in [7, 11) is 0. The summed E-state index contributed by atoms with van der Waals surface area (Å²) in [5, 5.41) is 6.06. The molecule has 0 saturated heterocycles. The number of amides is 2. The number of nitrogens with one attached hydrogen (secondary N) is 2. The third kappa shape index (κ3) is 5.44. The van der Waals surface area contributed by atoms with Crippen molar-refractivity contribution in [3.63, 3.8) is 0 Å². The number of carbonyl (C=O) groups is 2. The van der Waals surface area contributed by atoms with E-state index in [1.54, 1.807) is 39.8 Å². The highest BCUT2D eigenvalue weighted by Gasteiger charge is 2.20. The second kappa shape index (κ2) is 7.41. The van der Waals surface area contributed by atoms with Crippen molar-refractivity contribution < 1.29 is 14.3 Å². The average Bonchev–Trinajstić information content (AvgIpc) is 2.81. The molecule has 2 N–H and O–H groups in total. The predicted molar refractivity (Wildman–Crippen MR) is 101 cm³/mol. The van der Waals surface area contributed by atoms with Gasteiger partial charge in [-0.3, -0.25) is 10.1 Å². The quantitative estimate of drug-likeness (QED) is 0.782. The summed E-state index contributed by atoms with van der Waals surface area (Å²) in [5.41, 5.74) is 1.41. The molecule has 0 aliphatic heterocycles. The highest BCUT2D eigenvalue weighted by Crippen LogP contribution is 2.27. The number of anilines is 2. The van der Waals surface area contributed by atoms with Crippen molar-refractivity contribution in [1.29, 1.82) is 0 Å². The molecule has 2 rings (SSSR count). The van der Waals surface area contributed by atoms with Gasteiger partial charge in [0.15, 0.2) is 5.13 Å². The molecule has 1 heterocycles. The molecule has 0 radical (unpaired) electrons. The minimum absolute atomic E-state index is 0.298. The van der Waals surface area contributed by atoms with E-state index >= 15 is 0 Å². The fourth-order valence-electron chi connectivity index (χ4n) is 1.97. The number of ether oxygens (including phenoxy) is 1. The van der Waals surface area contributed by atoms with Gasteiger partial charge in [-0.25, -0.2) is 9.78 Å². The number of thiazole rings is 1. The van der Waals surface area contributed by atoms with Crippen molar-refractivity contribution in [3.05, 3.63) is 39.4 Å². The Morgan fingerprint density at radius 3 is 2.52 bits per heavy atom. The van der Waals surface area contributed by atoms with Gasteiger partial charge in [0.25, 0.3) is 5.91 Å². The molecule has 25 heavy (non-hydrogen) atoms. The van der Waals surface area contributed by atoms with Gasteiger partial charge in [0.1, 0.15) is 10.5 Å². The Morgan fingerprint density at radius 2 is 1.88 bits per heavy atom. The third-order valence-electron chi connectivity index (χ3n) is 2.98. The molecule has 8 heteroatoms. The summed E-state index contributed by atoms with van der Waals surface area (Å²) in [6.07, 6.45) is -0.616. The monoisotopic (exact) mass is 381 g/mol. The van der Waals surface area contributed by atoms with E-state index in [1.165, 1.54) is 0 Å². The van der Waals surface area contributed by atoms with Gasteiger partial charge in [-0.05, 0) is 52.3 Å². The van der Waals surface area contributed by atoms with E-state index in [0.717, 1.165) is 16.9 Å². The van der Waals surface area contributed by atoms with Gasteiger partial charge in [0.05, 0.1) is 16.4 Å². The Morgan fingerprint density at radius 1 is 1.20 bits per heavy atom. The summed E-state index contributed by atoms with van der Waals surface area (Å²) >= 11 is 7.18. The van der Waals surface area contributed by atoms with E-state index in [2.05, 4.69) is 15.6 Å². The molecule has 0 aliphatic carbocycles. The summed E-state index contributed by atoms with van der Waals surface area (Å²) in [5.74, 6) is -0.334. The number of carbonyl (C=O) groups excluding carboxylic acids is 2. The number of hydrogen-bond acceptors (Lipinski definition) is 5. The first-order chi connectivity index (χ1) is 11.5. The molecular formula is C17H20ClN3O3S. The Bertz CT molecular complexity index is 812. The zero-order chi connectivity index (χ0) is 18.8. The van der Waals surface area contributed by atoms with E-state index in [1.807, 2.05) is 13.0 Å². The Hall–Kier alpha value is -2.12. The molecular weight excluding hydrogens is 362 g/mol. The summed E-state index contributed by atoms with van der Waals surface area (Å²) in [6, 6.07) is 5.37. The molecule has 0 atom stereocenters. The lowest BCUT2D eigenvalue weighted by Gasteiger charge is -2.18. The van der Waals surface area contributed by atoms with Crippen LogP contribution in [0, 0.1) is 13.8 Å². The first kappa shape index (κ1) is 19.2. The fourth-order valence-corrected chi connectivity index (χ4v) is 2.98. The molecule has 0 unspecified atom stereocenters. The van der Waals surface area contributed by atoms with Gasteiger partial charge in [-0.1, -0.05) is 29.0 Å². The topological polar surface area (TPSA) is 80.3 Å². The molecule has 0 bridgehead atoms. The summed E-state index contributed by atoms with van der Waals surface area (Å²) < 4.78 is 5.17. The summed E-state index contributed by atoms with van der Waals surface area (Å²) in [4.78, 5) is 28.9. The predicted octanol–water partition coefficient (Wildman–Crippen LogP) is 5.01. The number of rotatable bonds is 3. The van der Waals surface area contributed by atoms with Crippen LogP contribution in [0.2, 0.25) is 5.02 Å². The lowest BCUT2D eigenvalue weighted by molar-refractivity contribution is 0.0635. The molecule has 1 aromatic heterocycles. The van der Waals surface area contributed by atoms with Crippen LogP contribution in [-0.4, -0.2) is 22.6 Å². The van der Waals surface area contributed by atoms with Gasteiger partial charge < -0.3 is 10.1 Å². The number of benzene rings is 1. The lowest BCUT2D eigenvalue weighted by Crippen LogP contribution is -2.27. The standard InChI is InChI=1S/C17H20ClN3O3S/c1-9-6-7-11(18)12(8-9)20-14(22)13-10(2)19-15(25-13)21-16(23)24-17(3,4)5/h6-8H,1-5H3,(H,20,22)(H,19,21,23). The van der Waals surface area contributed by atoms with Crippen molar-refractivity contribution in [2.24, 2.45) is 0 Å². The van der Waals surface area contributed by atoms with Crippen molar-refractivity contribution >= 4 is 45.8 Å². The minimum Gasteiger partial charge on any atom is -0.444 e.